The first kappa shape index (κ1) is 11.6. The fourth-order valence-electron chi connectivity index (χ4n) is 2.87. The molecule has 0 saturated heterocycles. The average Bonchev–Trinajstić information content (AvgIpc) is 2.92. The van der Waals surface area contributed by atoms with E-state index in [1.807, 2.05) is 12.1 Å². The molecule has 0 radical (unpaired) electrons. The van der Waals surface area contributed by atoms with Crippen LogP contribution < -0.4 is 10.1 Å². The zero-order valence-corrected chi connectivity index (χ0v) is 10.6. The maximum atomic E-state index is 12.0. The van der Waals surface area contributed by atoms with Crippen LogP contribution in [-0.4, -0.2) is 12.5 Å². The van der Waals surface area contributed by atoms with Crippen molar-refractivity contribution in [3.8, 4) is 5.75 Å². The molecule has 0 bridgehead atoms. The lowest BCUT2D eigenvalue weighted by Gasteiger charge is -2.18. The monoisotopic (exact) mass is 245 g/mol. The van der Waals surface area contributed by atoms with E-state index < -0.39 is 0 Å². The lowest BCUT2D eigenvalue weighted by atomic mass is 10.0. The number of fused-ring (bicyclic) bond motifs is 1. The summed E-state index contributed by atoms with van der Waals surface area (Å²) in [6, 6.07) is 5.97. The van der Waals surface area contributed by atoms with Gasteiger partial charge in [-0.1, -0.05) is 12.8 Å². The Morgan fingerprint density at radius 1 is 1.22 bits per heavy atom. The standard InChI is InChI=1S/C15H19NO2/c17-15(11-4-1-2-5-11)16-13-7-8-14-12(10-13)6-3-9-18-14/h7-8,10-11H,1-6,9H2,(H,16,17). The van der Waals surface area contributed by atoms with Gasteiger partial charge in [-0.05, 0) is 49.4 Å². The summed E-state index contributed by atoms with van der Waals surface area (Å²) >= 11 is 0. The number of ether oxygens (including phenoxy) is 1. The number of nitrogens with one attached hydrogen (secondary N) is 1. The molecule has 2 aliphatic rings. The normalized spacial score (nSPS) is 19.1. The number of rotatable bonds is 2. The minimum atomic E-state index is 0.184. The molecule has 0 unspecified atom stereocenters. The first-order valence-corrected chi connectivity index (χ1v) is 6.89. The number of carbonyl (C=O) groups is 1. The van der Waals surface area contributed by atoms with Crippen LogP contribution in [0.4, 0.5) is 5.69 Å². The van der Waals surface area contributed by atoms with Crippen molar-refractivity contribution < 1.29 is 9.53 Å². The predicted molar refractivity (Wildman–Crippen MR) is 70.8 cm³/mol. The summed E-state index contributed by atoms with van der Waals surface area (Å²) in [6.45, 7) is 0.806. The summed E-state index contributed by atoms with van der Waals surface area (Å²) in [5, 5.41) is 3.04. The summed E-state index contributed by atoms with van der Waals surface area (Å²) in [4.78, 5) is 12.0. The predicted octanol–water partition coefficient (Wildman–Crippen LogP) is 3.14. The van der Waals surface area contributed by atoms with Crippen molar-refractivity contribution in [2.45, 2.75) is 38.5 Å². The first-order valence-electron chi connectivity index (χ1n) is 6.89. The van der Waals surface area contributed by atoms with Crippen LogP contribution >= 0.6 is 0 Å². The second-order valence-corrected chi connectivity index (χ2v) is 5.25. The van der Waals surface area contributed by atoms with Crippen molar-refractivity contribution in [2.24, 2.45) is 5.92 Å². The Morgan fingerprint density at radius 3 is 2.89 bits per heavy atom. The van der Waals surface area contributed by atoms with Gasteiger partial charge in [-0.15, -0.1) is 0 Å². The van der Waals surface area contributed by atoms with Crippen LogP contribution in [0, 0.1) is 5.92 Å². The molecule has 1 N–H and O–H groups in total. The Bertz CT molecular complexity index is 450. The second-order valence-electron chi connectivity index (χ2n) is 5.25. The van der Waals surface area contributed by atoms with Crippen LogP contribution in [0.25, 0.3) is 0 Å². The summed E-state index contributed by atoms with van der Waals surface area (Å²) in [6.07, 6.45) is 6.57. The molecule has 1 aliphatic heterocycles. The fourth-order valence-corrected chi connectivity index (χ4v) is 2.87. The molecular formula is C15H19NO2. The van der Waals surface area contributed by atoms with E-state index in [1.165, 1.54) is 18.4 Å². The van der Waals surface area contributed by atoms with E-state index >= 15 is 0 Å². The molecule has 1 aromatic carbocycles. The molecule has 96 valence electrons. The largest absolute Gasteiger partial charge is 0.493 e. The summed E-state index contributed by atoms with van der Waals surface area (Å²) in [5.74, 6) is 1.38. The molecular weight excluding hydrogens is 226 g/mol. The van der Waals surface area contributed by atoms with Crippen molar-refractivity contribution in [1.29, 1.82) is 0 Å². The van der Waals surface area contributed by atoms with Gasteiger partial charge in [0.15, 0.2) is 0 Å². The molecule has 0 spiro atoms. The highest BCUT2D eigenvalue weighted by Gasteiger charge is 2.22. The highest BCUT2D eigenvalue weighted by molar-refractivity contribution is 5.92. The average molecular weight is 245 g/mol. The van der Waals surface area contributed by atoms with Gasteiger partial charge in [-0.25, -0.2) is 0 Å². The first-order chi connectivity index (χ1) is 8.83. The third kappa shape index (κ3) is 2.35. The Hall–Kier alpha value is -1.51. The molecule has 0 atom stereocenters. The highest BCUT2D eigenvalue weighted by atomic mass is 16.5. The Labute approximate surface area is 108 Å². The van der Waals surface area contributed by atoms with E-state index in [1.54, 1.807) is 0 Å². The van der Waals surface area contributed by atoms with Crippen LogP contribution in [-0.2, 0) is 11.2 Å². The van der Waals surface area contributed by atoms with E-state index in [-0.39, 0.29) is 11.8 Å². The third-order valence-electron chi connectivity index (χ3n) is 3.90. The number of aryl methyl sites for hydroxylation is 1. The van der Waals surface area contributed by atoms with Gasteiger partial charge in [-0.2, -0.15) is 0 Å². The van der Waals surface area contributed by atoms with Crippen LogP contribution in [0.2, 0.25) is 0 Å². The third-order valence-corrected chi connectivity index (χ3v) is 3.90. The summed E-state index contributed by atoms with van der Waals surface area (Å²) < 4.78 is 5.57. The fraction of sp³-hybridized carbons (Fsp3) is 0.533. The SMILES string of the molecule is O=C(Nc1ccc2c(c1)CCCO2)C1CCCC1. The zero-order chi connectivity index (χ0) is 12.4. The Balaban J connectivity index is 1.70. The van der Waals surface area contributed by atoms with Crippen LogP contribution in [0.3, 0.4) is 0 Å². The van der Waals surface area contributed by atoms with E-state index in [9.17, 15) is 4.79 Å². The minimum absolute atomic E-state index is 0.184. The molecule has 1 aromatic rings. The van der Waals surface area contributed by atoms with Gasteiger partial charge in [0.05, 0.1) is 6.61 Å². The van der Waals surface area contributed by atoms with Crippen molar-refractivity contribution in [2.75, 3.05) is 11.9 Å². The second kappa shape index (κ2) is 5.01. The maximum Gasteiger partial charge on any atom is 0.227 e. The van der Waals surface area contributed by atoms with E-state index in [2.05, 4.69) is 11.4 Å². The molecule has 3 nitrogen and oxygen atoms in total. The molecule has 1 heterocycles. The zero-order valence-electron chi connectivity index (χ0n) is 10.6. The molecule has 1 aliphatic carbocycles. The number of hydrogen-bond donors (Lipinski definition) is 1. The molecule has 1 amide bonds. The lowest BCUT2D eigenvalue weighted by molar-refractivity contribution is -0.119. The molecule has 3 heteroatoms. The molecule has 18 heavy (non-hydrogen) atoms. The van der Waals surface area contributed by atoms with Gasteiger partial charge >= 0.3 is 0 Å². The van der Waals surface area contributed by atoms with Gasteiger partial charge in [0, 0.05) is 11.6 Å². The van der Waals surface area contributed by atoms with Crippen molar-refractivity contribution in [1.82, 2.24) is 0 Å². The van der Waals surface area contributed by atoms with Gasteiger partial charge in [0.2, 0.25) is 5.91 Å². The van der Waals surface area contributed by atoms with Gasteiger partial charge < -0.3 is 10.1 Å². The molecule has 1 fully saturated rings. The Morgan fingerprint density at radius 2 is 2.06 bits per heavy atom. The molecule has 3 rings (SSSR count). The minimum Gasteiger partial charge on any atom is -0.493 e. The lowest BCUT2D eigenvalue weighted by Crippen LogP contribution is -2.20. The number of amides is 1. The smallest absolute Gasteiger partial charge is 0.227 e. The topological polar surface area (TPSA) is 38.3 Å². The van der Waals surface area contributed by atoms with Gasteiger partial charge in [0.1, 0.15) is 5.75 Å². The summed E-state index contributed by atoms with van der Waals surface area (Å²) in [5.41, 5.74) is 2.13. The van der Waals surface area contributed by atoms with Crippen LogP contribution in [0.15, 0.2) is 18.2 Å². The van der Waals surface area contributed by atoms with E-state index in [0.29, 0.717) is 0 Å². The highest BCUT2D eigenvalue weighted by Crippen LogP contribution is 2.29. The van der Waals surface area contributed by atoms with E-state index in [4.69, 9.17) is 4.74 Å². The van der Waals surface area contributed by atoms with Crippen LogP contribution in [0.1, 0.15) is 37.7 Å². The van der Waals surface area contributed by atoms with Crippen molar-refractivity contribution >= 4 is 11.6 Å². The quantitative estimate of drug-likeness (QED) is 0.869. The van der Waals surface area contributed by atoms with Gasteiger partial charge in [0.25, 0.3) is 0 Å². The Kier molecular flexibility index (Phi) is 3.22. The van der Waals surface area contributed by atoms with Crippen molar-refractivity contribution in [3.05, 3.63) is 23.8 Å². The molecule has 1 saturated carbocycles. The van der Waals surface area contributed by atoms with Crippen molar-refractivity contribution in [3.63, 3.8) is 0 Å². The maximum absolute atomic E-state index is 12.0. The molecule has 0 aromatic heterocycles. The van der Waals surface area contributed by atoms with E-state index in [0.717, 1.165) is 43.7 Å². The number of benzene rings is 1. The van der Waals surface area contributed by atoms with Gasteiger partial charge in [-0.3, -0.25) is 4.79 Å². The summed E-state index contributed by atoms with van der Waals surface area (Å²) in [7, 11) is 0. The number of carbonyl (C=O) groups excluding carboxylic acids is 1. The number of hydrogen-bond acceptors (Lipinski definition) is 2. The van der Waals surface area contributed by atoms with Crippen LogP contribution in [0.5, 0.6) is 5.75 Å². The number of anilines is 1.